The fourth-order valence-electron chi connectivity index (χ4n) is 1.13. The van der Waals surface area contributed by atoms with Crippen molar-refractivity contribution < 1.29 is 9.47 Å². The first kappa shape index (κ1) is 12.2. The largest absolute Gasteiger partial charge is 0.383 e. The van der Waals surface area contributed by atoms with Crippen LogP contribution >= 0.6 is 12.4 Å². The minimum atomic E-state index is -0.00968. The molecule has 0 aliphatic carbocycles. The smallest absolute Gasteiger partial charge is 0.0751 e. The highest BCUT2D eigenvalue weighted by Gasteiger charge is 2.26. The zero-order chi connectivity index (χ0) is 8.32. The van der Waals surface area contributed by atoms with E-state index in [4.69, 9.17) is 9.47 Å². The molecule has 4 heteroatoms. The lowest BCUT2D eigenvalue weighted by atomic mass is 10.1. The van der Waals surface area contributed by atoms with Crippen molar-refractivity contribution >= 4 is 12.4 Å². The molecule has 0 aromatic rings. The number of hydrogen-bond donors (Lipinski definition) is 1. The molecule has 1 N–H and O–H groups in total. The van der Waals surface area contributed by atoms with Crippen LogP contribution in [0.1, 0.15) is 13.8 Å². The first-order chi connectivity index (χ1) is 5.14. The van der Waals surface area contributed by atoms with Gasteiger partial charge in [-0.2, -0.15) is 0 Å². The van der Waals surface area contributed by atoms with E-state index < -0.39 is 0 Å². The molecule has 0 bridgehead atoms. The number of methoxy groups -OCH3 is 1. The molecular formula is C8H18ClNO2. The molecule has 0 unspecified atom stereocenters. The Bertz CT molecular complexity index is 120. The van der Waals surface area contributed by atoms with Crippen molar-refractivity contribution in [3.63, 3.8) is 0 Å². The topological polar surface area (TPSA) is 30.5 Å². The highest BCUT2D eigenvalue weighted by atomic mass is 35.5. The molecule has 0 radical (unpaired) electrons. The predicted octanol–water partition coefficient (Wildman–Crippen LogP) is 0.822. The molecule has 1 atom stereocenters. The van der Waals surface area contributed by atoms with E-state index >= 15 is 0 Å². The van der Waals surface area contributed by atoms with Crippen LogP contribution in [0.3, 0.4) is 0 Å². The summed E-state index contributed by atoms with van der Waals surface area (Å²) >= 11 is 0. The maximum absolute atomic E-state index is 5.59. The second kappa shape index (κ2) is 5.02. The molecule has 74 valence electrons. The van der Waals surface area contributed by atoms with Crippen LogP contribution in [0.2, 0.25) is 0 Å². The normalized spacial score (nSPS) is 27.8. The minimum Gasteiger partial charge on any atom is -0.383 e. The minimum absolute atomic E-state index is 0. The van der Waals surface area contributed by atoms with E-state index in [0.717, 1.165) is 19.8 Å². The number of ether oxygens (including phenoxy) is 2. The van der Waals surface area contributed by atoms with Crippen molar-refractivity contribution in [2.45, 2.75) is 25.5 Å². The lowest BCUT2D eigenvalue weighted by Gasteiger charge is -2.35. The van der Waals surface area contributed by atoms with Crippen molar-refractivity contribution in [2.75, 3.05) is 26.9 Å². The summed E-state index contributed by atoms with van der Waals surface area (Å²) in [7, 11) is 1.71. The Kier molecular flexibility index (Phi) is 5.09. The van der Waals surface area contributed by atoms with Crippen LogP contribution < -0.4 is 5.32 Å². The molecule has 1 saturated heterocycles. The fourth-order valence-corrected chi connectivity index (χ4v) is 1.13. The molecule has 0 aromatic heterocycles. The Morgan fingerprint density at radius 1 is 1.58 bits per heavy atom. The molecule has 0 aromatic carbocycles. The van der Waals surface area contributed by atoms with Crippen molar-refractivity contribution in [1.82, 2.24) is 5.32 Å². The van der Waals surface area contributed by atoms with Crippen LogP contribution in [0.25, 0.3) is 0 Å². The first-order valence-corrected chi connectivity index (χ1v) is 4.00. The maximum Gasteiger partial charge on any atom is 0.0751 e. The third-order valence-corrected chi connectivity index (χ3v) is 1.86. The Labute approximate surface area is 80.2 Å². The second-order valence-electron chi connectivity index (χ2n) is 3.60. The van der Waals surface area contributed by atoms with E-state index in [-0.39, 0.29) is 18.0 Å². The van der Waals surface area contributed by atoms with Crippen LogP contribution in [-0.4, -0.2) is 38.5 Å². The second-order valence-corrected chi connectivity index (χ2v) is 3.60. The van der Waals surface area contributed by atoms with Gasteiger partial charge in [-0.05, 0) is 13.8 Å². The van der Waals surface area contributed by atoms with Crippen LogP contribution in [0.5, 0.6) is 0 Å². The molecule has 0 saturated carbocycles. The number of rotatable bonds is 2. The SMILES string of the molecule is COC[C@H]1COC(C)(C)CN1.Cl. The van der Waals surface area contributed by atoms with Crippen molar-refractivity contribution in [3.05, 3.63) is 0 Å². The van der Waals surface area contributed by atoms with Gasteiger partial charge in [0.1, 0.15) is 0 Å². The monoisotopic (exact) mass is 195 g/mol. The van der Waals surface area contributed by atoms with E-state index in [1.165, 1.54) is 0 Å². The summed E-state index contributed by atoms with van der Waals surface area (Å²) in [5.41, 5.74) is -0.00968. The molecule has 0 spiro atoms. The lowest BCUT2D eigenvalue weighted by Crippen LogP contribution is -2.53. The third-order valence-electron chi connectivity index (χ3n) is 1.86. The molecule has 12 heavy (non-hydrogen) atoms. The highest BCUT2D eigenvalue weighted by Crippen LogP contribution is 2.12. The average Bonchev–Trinajstić information content (AvgIpc) is 1.94. The number of nitrogens with one attached hydrogen (secondary N) is 1. The van der Waals surface area contributed by atoms with Crippen LogP contribution in [0.15, 0.2) is 0 Å². The lowest BCUT2D eigenvalue weighted by molar-refractivity contribution is -0.0685. The van der Waals surface area contributed by atoms with Crippen LogP contribution in [0.4, 0.5) is 0 Å². The quantitative estimate of drug-likeness (QED) is 0.708. The summed E-state index contributed by atoms with van der Waals surface area (Å²) in [6.45, 7) is 6.56. The van der Waals surface area contributed by atoms with Gasteiger partial charge in [0, 0.05) is 13.7 Å². The fraction of sp³-hybridized carbons (Fsp3) is 1.00. The molecule has 1 aliphatic rings. The molecule has 1 aliphatic heterocycles. The molecular weight excluding hydrogens is 178 g/mol. The summed E-state index contributed by atoms with van der Waals surface area (Å²) in [5.74, 6) is 0. The Morgan fingerprint density at radius 2 is 2.25 bits per heavy atom. The van der Waals surface area contributed by atoms with Gasteiger partial charge in [-0.15, -0.1) is 12.4 Å². The van der Waals surface area contributed by atoms with Crippen molar-refractivity contribution in [1.29, 1.82) is 0 Å². The van der Waals surface area contributed by atoms with E-state index in [1.54, 1.807) is 7.11 Å². The number of hydrogen-bond acceptors (Lipinski definition) is 3. The van der Waals surface area contributed by atoms with Crippen LogP contribution in [-0.2, 0) is 9.47 Å². The van der Waals surface area contributed by atoms with E-state index in [0.29, 0.717) is 6.04 Å². The zero-order valence-corrected chi connectivity index (χ0v) is 8.74. The maximum atomic E-state index is 5.59. The van der Waals surface area contributed by atoms with E-state index in [2.05, 4.69) is 19.2 Å². The van der Waals surface area contributed by atoms with Gasteiger partial charge >= 0.3 is 0 Å². The van der Waals surface area contributed by atoms with Crippen molar-refractivity contribution in [2.24, 2.45) is 0 Å². The van der Waals surface area contributed by atoms with E-state index in [1.807, 2.05) is 0 Å². The Morgan fingerprint density at radius 3 is 2.67 bits per heavy atom. The van der Waals surface area contributed by atoms with Gasteiger partial charge in [-0.1, -0.05) is 0 Å². The summed E-state index contributed by atoms with van der Waals surface area (Å²) in [6.07, 6.45) is 0. The Hall–Kier alpha value is 0.170. The van der Waals surface area contributed by atoms with Crippen LogP contribution in [0, 0.1) is 0 Å². The molecule has 1 rings (SSSR count). The van der Waals surface area contributed by atoms with Gasteiger partial charge in [0.15, 0.2) is 0 Å². The summed E-state index contributed by atoms with van der Waals surface area (Å²) in [6, 6.07) is 0.369. The van der Waals surface area contributed by atoms with E-state index in [9.17, 15) is 0 Å². The summed E-state index contributed by atoms with van der Waals surface area (Å²) < 4.78 is 10.6. The molecule has 1 heterocycles. The van der Waals surface area contributed by atoms with Crippen molar-refractivity contribution in [3.8, 4) is 0 Å². The molecule has 3 nitrogen and oxygen atoms in total. The van der Waals surface area contributed by atoms with Gasteiger partial charge in [0.05, 0.1) is 24.9 Å². The van der Waals surface area contributed by atoms with Gasteiger partial charge in [-0.3, -0.25) is 0 Å². The predicted molar refractivity (Wildman–Crippen MR) is 50.9 cm³/mol. The highest BCUT2D eigenvalue weighted by molar-refractivity contribution is 5.85. The zero-order valence-electron chi connectivity index (χ0n) is 7.92. The standard InChI is InChI=1S/C8H17NO2.ClH/c1-8(2)6-9-7(4-10-3)5-11-8;/h7,9H,4-6H2,1-3H3;1H/t7-;/m0./s1. The first-order valence-electron chi connectivity index (χ1n) is 4.00. The molecule has 1 fully saturated rings. The Balaban J connectivity index is 0.00000121. The average molecular weight is 196 g/mol. The number of morpholine rings is 1. The number of halogens is 1. The summed E-state index contributed by atoms with van der Waals surface area (Å²) in [4.78, 5) is 0. The third kappa shape index (κ3) is 3.72. The van der Waals surface area contributed by atoms with Gasteiger partial charge in [0.25, 0.3) is 0 Å². The molecule has 0 amide bonds. The van der Waals surface area contributed by atoms with Gasteiger partial charge < -0.3 is 14.8 Å². The van der Waals surface area contributed by atoms with Gasteiger partial charge in [0.2, 0.25) is 0 Å². The summed E-state index contributed by atoms with van der Waals surface area (Å²) in [5, 5.41) is 3.36. The van der Waals surface area contributed by atoms with Gasteiger partial charge in [-0.25, -0.2) is 0 Å².